The number of nitrogens with zero attached hydrogens (tertiary/aromatic N) is 1. The minimum absolute atomic E-state index is 0.362. The number of hydrogen-bond acceptors (Lipinski definition) is 4. The van der Waals surface area contributed by atoms with Crippen LogP contribution in [0.15, 0.2) is 11.0 Å². The van der Waals surface area contributed by atoms with E-state index in [9.17, 15) is 8.42 Å². The number of benzene rings is 1. The van der Waals surface area contributed by atoms with Crippen molar-refractivity contribution in [3.63, 3.8) is 0 Å². The molecule has 0 radical (unpaired) electrons. The van der Waals surface area contributed by atoms with Gasteiger partial charge in [-0.15, -0.1) is 0 Å². The van der Waals surface area contributed by atoms with Gasteiger partial charge in [-0.1, -0.05) is 0 Å². The summed E-state index contributed by atoms with van der Waals surface area (Å²) < 4.78 is 33.6. The molecule has 0 saturated heterocycles. The van der Waals surface area contributed by atoms with Crippen molar-refractivity contribution >= 4 is 10.0 Å². The summed E-state index contributed by atoms with van der Waals surface area (Å²) in [6.07, 6.45) is 0. The molecule has 0 aliphatic heterocycles. The molecule has 0 amide bonds. The van der Waals surface area contributed by atoms with Gasteiger partial charge in [0.2, 0.25) is 10.0 Å². The van der Waals surface area contributed by atoms with E-state index in [0.29, 0.717) is 35.6 Å². The van der Waals surface area contributed by atoms with Crippen LogP contribution < -0.4 is 9.46 Å². The maximum atomic E-state index is 12.8. The van der Waals surface area contributed by atoms with Crippen molar-refractivity contribution in [2.75, 3.05) is 20.2 Å². The normalized spacial score (nSPS) is 12.5. The van der Waals surface area contributed by atoms with Crippen LogP contribution in [0.5, 0.6) is 5.75 Å². The number of hydrogen-bond donors (Lipinski definition) is 1. The minimum Gasteiger partial charge on any atom is -0.496 e. The summed E-state index contributed by atoms with van der Waals surface area (Å²) >= 11 is 0. The van der Waals surface area contributed by atoms with Crippen molar-refractivity contribution in [2.45, 2.75) is 65.4 Å². The fraction of sp³-hybridized carbons (Fsp3) is 0.667. The lowest BCUT2D eigenvalue weighted by Crippen LogP contribution is -2.42. The molecule has 5 nitrogen and oxygen atoms in total. The van der Waals surface area contributed by atoms with Gasteiger partial charge in [0.15, 0.2) is 0 Å². The van der Waals surface area contributed by atoms with E-state index in [1.54, 1.807) is 20.1 Å². The number of ether oxygens (including phenoxy) is 1. The Labute approximate surface area is 147 Å². The van der Waals surface area contributed by atoms with Crippen LogP contribution in [0.2, 0.25) is 0 Å². The quantitative estimate of drug-likeness (QED) is 0.778. The van der Waals surface area contributed by atoms with Crippen molar-refractivity contribution in [3.8, 4) is 5.75 Å². The van der Waals surface area contributed by atoms with Crippen LogP contribution in [0, 0.1) is 20.8 Å². The zero-order chi connectivity index (χ0) is 18.7. The second kappa shape index (κ2) is 8.32. The standard InChI is InChI=1S/C18H32N2O3S/c1-12(2)20(13(3)4)10-9-19-24(21,22)18-14(5)11-17(23-8)15(6)16(18)7/h11-13,19H,9-10H2,1-8H3. The molecule has 138 valence electrons. The summed E-state index contributed by atoms with van der Waals surface area (Å²) in [7, 11) is -1.95. The second-order valence-corrected chi connectivity index (χ2v) is 8.50. The zero-order valence-corrected chi connectivity index (χ0v) is 17.0. The van der Waals surface area contributed by atoms with Gasteiger partial charge in [0.1, 0.15) is 5.75 Å². The third kappa shape index (κ3) is 4.71. The average molecular weight is 357 g/mol. The Morgan fingerprint density at radius 3 is 2.08 bits per heavy atom. The molecular formula is C18H32N2O3S. The highest BCUT2D eigenvalue weighted by molar-refractivity contribution is 7.89. The first-order chi connectivity index (χ1) is 11.0. The lowest BCUT2D eigenvalue weighted by atomic mass is 10.1. The van der Waals surface area contributed by atoms with Crippen LogP contribution in [-0.4, -0.2) is 45.6 Å². The Balaban J connectivity index is 3.00. The van der Waals surface area contributed by atoms with Crippen LogP contribution >= 0.6 is 0 Å². The Hall–Kier alpha value is -1.11. The van der Waals surface area contributed by atoms with Gasteiger partial charge in [-0.25, -0.2) is 13.1 Å². The van der Waals surface area contributed by atoms with Gasteiger partial charge in [0.05, 0.1) is 12.0 Å². The Morgan fingerprint density at radius 1 is 1.08 bits per heavy atom. The maximum absolute atomic E-state index is 12.8. The number of nitrogens with one attached hydrogen (secondary N) is 1. The van der Waals surface area contributed by atoms with E-state index in [-0.39, 0.29) is 0 Å². The van der Waals surface area contributed by atoms with Gasteiger partial charge >= 0.3 is 0 Å². The lowest BCUT2D eigenvalue weighted by Gasteiger charge is -2.30. The summed E-state index contributed by atoms with van der Waals surface area (Å²) in [5, 5.41) is 0. The molecule has 1 aromatic carbocycles. The molecule has 0 atom stereocenters. The fourth-order valence-electron chi connectivity index (χ4n) is 3.14. The van der Waals surface area contributed by atoms with Crippen molar-refractivity contribution < 1.29 is 13.2 Å². The first-order valence-corrected chi connectivity index (χ1v) is 9.91. The maximum Gasteiger partial charge on any atom is 0.241 e. The first kappa shape index (κ1) is 20.9. The van der Waals surface area contributed by atoms with E-state index in [0.717, 1.165) is 16.9 Å². The summed E-state index contributed by atoms with van der Waals surface area (Å²) in [5.74, 6) is 0.717. The van der Waals surface area contributed by atoms with Gasteiger partial charge in [-0.2, -0.15) is 0 Å². The Bertz CT molecular complexity index is 659. The van der Waals surface area contributed by atoms with Crippen LogP contribution in [0.1, 0.15) is 44.4 Å². The molecule has 0 aliphatic rings. The van der Waals surface area contributed by atoms with E-state index >= 15 is 0 Å². The third-order valence-electron chi connectivity index (χ3n) is 4.46. The van der Waals surface area contributed by atoms with Crippen LogP contribution in [0.4, 0.5) is 0 Å². The number of methoxy groups -OCH3 is 1. The van der Waals surface area contributed by atoms with Crippen molar-refractivity contribution in [1.82, 2.24) is 9.62 Å². The van der Waals surface area contributed by atoms with Crippen LogP contribution in [-0.2, 0) is 10.0 Å². The van der Waals surface area contributed by atoms with Crippen LogP contribution in [0.25, 0.3) is 0 Å². The molecule has 0 unspecified atom stereocenters. The van der Waals surface area contributed by atoms with Gasteiger partial charge in [-0.3, -0.25) is 4.90 Å². The molecular weight excluding hydrogens is 324 g/mol. The highest BCUT2D eigenvalue weighted by atomic mass is 32.2. The highest BCUT2D eigenvalue weighted by Gasteiger charge is 2.23. The zero-order valence-electron chi connectivity index (χ0n) is 16.2. The van der Waals surface area contributed by atoms with Gasteiger partial charge < -0.3 is 4.74 Å². The monoisotopic (exact) mass is 356 g/mol. The predicted octanol–water partition coefficient (Wildman–Crippen LogP) is 3.02. The summed E-state index contributed by atoms with van der Waals surface area (Å²) in [5.41, 5.74) is 2.30. The molecule has 24 heavy (non-hydrogen) atoms. The molecule has 0 bridgehead atoms. The van der Waals surface area contributed by atoms with E-state index < -0.39 is 10.0 Å². The molecule has 1 aromatic rings. The van der Waals surface area contributed by atoms with Crippen molar-refractivity contribution in [1.29, 1.82) is 0 Å². The van der Waals surface area contributed by atoms with Crippen molar-refractivity contribution in [3.05, 3.63) is 22.8 Å². The molecule has 0 heterocycles. The van der Waals surface area contributed by atoms with E-state index in [1.165, 1.54) is 0 Å². The summed E-state index contributed by atoms with van der Waals surface area (Å²) in [4.78, 5) is 2.63. The largest absolute Gasteiger partial charge is 0.496 e. The Kier molecular flexibility index (Phi) is 7.25. The average Bonchev–Trinajstić information content (AvgIpc) is 2.46. The number of sulfonamides is 1. The molecule has 0 spiro atoms. The number of rotatable bonds is 8. The summed E-state index contributed by atoms with van der Waals surface area (Å²) in [6.45, 7) is 15.1. The molecule has 0 aromatic heterocycles. The molecule has 6 heteroatoms. The van der Waals surface area contributed by atoms with Gasteiger partial charge in [0.25, 0.3) is 0 Å². The summed E-state index contributed by atoms with van der Waals surface area (Å²) in [6, 6.07) is 2.54. The predicted molar refractivity (Wildman–Crippen MR) is 99.4 cm³/mol. The minimum atomic E-state index is -3.55. The molecule has 1 rings (SSSR count). The highest BCUT2D eigenvalue weighted by Crippen LogP contribution is 2.30. The van der Waals surface area contributed by atoms with Crippen LogP contribution in [0.3, 0.4) is 0 Å². The smallest absolute Gasteiger partial charge is 0.241 e. The second-order valence-electron chi connectivity index (χ2n) is 6.80. The van der Waals surface area contributed by atoms with Gasteiger partial charge in [0, 0.05) is 25.2 Å². The van der Waals surface area contributed by atoms with E-state index in [4.69, 9.17) is 4.74 Å². The molecule has 1 N–H and O–H groups in total. The first-order valence-electron chi connectivity index (χ1n) is 8.43. The Morgan fingerprint density at radius 2 is 1.62 bits per heavy atom. The molecule has 0 fully saturated rings. The van der Waals surface area contributed by atoms with Gasteiger partial charge in [-0.05, 0) is 71.2 Å². The lowest BCUT2D eigenvalue weighted by molar-refractivity contribution is 0.179. The van der Waals surface area contributed by atoms with E-state index in [2.05, 4.69) is 37.3 Å². The number of aryl methyl sites for hydroxylation is 1. The molecule has 0 saturated carbocycles. The third-order valence-corrected chi connectivity index (χ3v) is 6.21. The van der Waals surface area contributed by atoms with E-state index in [1.807, 2.05) is 13.8 Å². The SMILES string of the molecule is COc1cc(C)c(S(=O)(=O)NCCN(C(C)C)C(C)C)c(C)c1C. The van der Waals surface area contributed by atoms with Crippen molar-refractivity contribution in [2.24, 2.45) is 0 Å². The topological polar surface area (TPSA) is 58.6 Å². The fourth-order valence-corrected chi connectivity index (χ4v) is 4.68. The molecule has 0 aliphatic carbocycles.